The minimum absolute atomic E-state index is 0.0680. The Morgan fingerprint density at radius 1 is 1.57 bits per heavy atom. The Hall–Kier alpha value is -0.820. The lowest BCUT2D eigenvalue weighted by Crippen LogP contribution is -2.33. The maximum Gasteiger partial charge on any atom is 0.411 e. The first-order valence-electron chi connectivity index (χ1n) is 4.08. The van der Waals surface area contributed by atoms with E-state index in [9.17, 15) is 18.0 Å². The average Bonchev–Trinajstić information content (AvgIpc) is 2.63. The van der Waals surface area contributed by atoms with E-state index in [2.05, 4.69) is 10.1 Å². The van der Waals surface area contributed by atoms with Crippen LogP contribution in [0, 0.1) is 0 Å². The van der Waals surface area contributed by atoms with Crippen LogP contribution in [0.4, 0.5) is 13.2 Å². The molecule has 0 saturated heterocycles. The molecule has 0 radical (unpaired) electrons. The fourth-order valence-corrected chi connectivity index (χ4v) is 0.889. The van der Waals surface area contributed by atoms with Crippen LogP contribution < -0.4 is 11.1 Å². The highest BCUT2D eigenvalue weighted by Crippen LogP contribution is 2.17. The van der Waals surface area contributed by atoms with Crippen molar-refractivity contribution in [2.24, 2.45) is 5.73 Å². The monoisotopic (exact) mass is 212 g/mol. The van der Waals surface area contributed by atoms with Crippen molar-refractivity contribution in [1.29, 1.82) is 0 Å². The van der Waals surface area contributed by atoms with Crippen molar-refractivity contribution >= 4 is 5.91 Å². The van der Waals surface area contributed by atoms with Crippen molar-refractivity contribution in [3.8, 4) is 0 Å². The lowest BCUT2D eigenvalue weighted by atomic mass is 10.5. The van der Waals surface area contributed by atoms with Gasteiger partial charge >= 0.3 is 6.18 Å². The molecule has 14 heavy (non-hydrogen) atoms. The van der Waals surface area contributed by atoms with Crippen LogP contribution >= 0.6 is 0 Å². The van der Waals surface area contributed by atoms with Gasteiger partial charge in [0.05, 0.1) is 0 Å². The van der Waals surface area contributed by atoms with Crippen LogP contribution in [0.5, 0.6) is 0 Å². The highest BCUT2D eigenvalue weighted by atomic mass is 19.4. The maximum absolute atomic E-state index is 11.6. The second-order valence-electron chi connectivity index (χ2n) is 3.18. The lowest BCUT2D eigenvalue weighted by molar-refractivity contribution is -0.175. The fraction of sp³-hybridized carbons (Fsp3) is 0.857. The Kier molecular flexibility index (Phi) is 3.33. The molecule has 2 unspecified atom stereocenters. The van der Waals surface area contributed by atoms with E-state index >= 15 is 0 Å². The second kappa shape index (κ2) is 4.14. The number of halogens is 3. The maximum atomic E-state index is 11.6. The third-order valence-electron chi connectivity index (χ3n) is 1.69. The van der Waals surface area contributed by atoms with Gasteiger partial charge < -0.3 is 15.8 Å². The number of amides is 1. The first-order chi connectivity index (χ1) is 6.38. The smallest absolute Gasteiger partial charge is 0.362 e. The van der Waals surface area contributed by atoms with Gasteiger partial charge in [0.1, 0.15) is 13.2 Å². The molecule has 2 atom stereocenters. The first-order valence-corrected chi connectivity index (χ1v) is 4.08. The summed E-state index contributed by atoms with van der Waals surface area (Å²) in [6.07, 6.45) is -3.72. The Balaban J connectivity index is 2.04. The molecular formula is C7H11F3N2O2. The van der Waals surface area contributed by atoms with E-state index in [4.69, 9.17) is 5.73 Å². The molecule has 0 aromatic rings. The fourth-order valence-electron chi connectivity index (χ4n) is 0.889. The molecule has 1 aliphatic carbocycles. The summed E-state index contributed by atoms with van der Waals surface area (Å²) < 4.78 is 38.8. The Morgan fingerprint density at radius 2 is 2.14 bits per heavy atom. The minimum atomic E-state index is -4.39. The van der Waals surface area contributed by atoms with Crippen LogP contribution in [0.15, 0.2) is 0 Å². The molecule has 0 aliphatic heterocycles. The third-order valence-corrected chi connectivity index (χ3v) is 1.69. The van der Waals surface area contributed by atoms with Gasteiger partial charge in [-0.2, -0.15) is 13.2 Å². The molecule has 1 saturated carbocycles. The Morgan fingerprint density at radius 3 is 2.57 bits per heavy atom. The summed E-state index contributed by atoms with van der Waals surface area (Å²) in [5, 5.41) is 2.43. The summed E-state index contributed by atoms with van der Waals surface area (Å²) in [5.74, 6) is -0.563. The Labute approximate surface area is 78.6 Å². The lowest BCUT2D eigenvalue weighted by Gasteiger charge is -2.07. The molecule has 0 spiro atoms. The molecule has 1 aliphatic rings. The van der Waals surface area contributed by atoms with Crippen LogP contribution in [0.1, 0.15) is 6.42 Å². The van der Waals surface area contributed by atoms with Crippen LogP contribution in [0.2, 0.25) is 0 Å². The van der Waals surface area contributed by atoms with E-state index < -0.39 is 25.3 Å². The number of nitrogens with two attached hydrogens (primary N) is 1. The molecule has 0 aromatic carbocycles. The number of ether oxygens (including phenoxy) is 1. The molecule has 0 bridgehead atoms. The van der Waals surface area contributed by atoms with Crippen molar-refractivity contribution < 1.29 is 22.7 Å². The van der Waals surface area contributed by atoms with E-state index in [0.717, 1.165) is 0 Å². The number of carbonyl (C=O) groups is 1. The van der Waals surface area contributed by atoms with Crippen LogP contribution in [0.25, 0.3) is 0 Å². The predicted octanol–water partition coefficient (Wildman–Crippen LogP) is -0.219. The quantitative estimate of drug-likeness (QED) is 0.677. The molecule has 82 valence electrons. The van der Waals surface area contributed by atoms with Crippen molar-refractivity contribution in [3.05, 3.63) is 0 Å². The molecular weight excluding hydrogens is 201 g/mol. The minimum Gasteiger partial charge on any atom is -0.362 e. The van der Waals surface area contributed by atoms with Gasteiger partial charge in [-0.05, 0) is 6.42 Å². The predicted molar refractivity (Wildman–Crippen MR) is 41.4 cm³/mol. The largest absolute Gasteiger partial charge is 0.411 e. The van der Waals surface area contributed by atoms with E-state index in [0.29, 0.717) is 6.42 Å². The summed E-state index contributed by atoms with van der Waals surface area (Å²) in [7, 11) is 0. The molecule has 1 amide bonds. The Bertz CT molecular complexity index is 219. The van der Waals surface area contributed by atoms with Gasteiger partial charge in [0.2, 0.25) is 5.91 Å². The summed E-state index contributed by atoms with van der Waals surface area (Å²) in [6.45, 7) is -1.99. The van der Waals surface area contributed by atoms with E-state index in [-0.39, 0.29) is 12.1 Å². The second-order valence-corrected chi connectivity index (χ2v) is 3.18. The standard InChI is InChI=1S/C7H11F3N2O2/c8-7(9,10)3-14-2-6(13)12-5-1-4(5)11/h4-5H,1-3,11H2,(H,12,13). The van der Waals surface area contributed by atoms with Crippen molar-refractivity contribution in [1.82, 2.24) is 5.32 Å². The summed E-state index contributed by atoms with van der Waals surface area (Å²) in [6, 6.07) is -0.168. The normalized spacial score (nSPS) is 26.0. The topological polar surface area (TPSA) is 64.3 Å². The van der Waals surface area contributed by atoms with Gasteiger partial charge in [0, 0.05) is 12.1 Å². The van der Waals surface area contributed by atoms with Gasteiger partial charge in [-0.25, -0.2) is 0 Å². The van der Waals surface area contributed by atoms with Gasteiger partial charge in [-0.1, -0.05) is 0 Å². The van der Waals surface area contributed by atoms with Crippen LogP contribution in [-0.2, 0) is 9.53 Å². The zero-order valence-corrected chi connectivity index (χ0v) is 7.30. The number of nitrogens with one attached hydrogen (secondary N) is 1. The zero-order chi connectivity index (χ0) is 10.8. The summed E-state index contributed by atoms with van der Waals surface area (Å²) >= 11 is 0. The number of carbonyl (C=O) groups excluding carboxylic acids is 1. The summed E-state index contributed by atoms with van der Waals surface area (Å²) in [4.78, 5) is 10.9. The van der Waals surface area contributed by atoms with Crippen molar-refractivity contribution in [2.45, 2.75) is 24.7 Å². The molecule has 3 N–H and O–H groups in total. The van der Waals surface area contributed by atoms with Crippen LogP contribution in [-0.4, -0.2) is 37.4 Å². The average molecular weight is 212 g/mol. The molecule has 7 heteroatoms. The summed E-state index contributed by atoms with van der Waals surface area (Å²) in [5.41, 5.74) is 5.38. The van der Waals surface area contributed by atoms with Crippen molar-refractivity contribution in [3.63, 3.8) is 0 Å². The van der Waals surface area contributed by atoms with Gasteiger partial charge in [-0.3, -0.25) is 4.79 Å². The molecule has 1 rings (SSSR count). The molecule has 0 aromatic heterocycles. The number of hydrogen-bond donors (Lipinski definition) is 2. The highest BCUT2D eigenvalue weighted by molar-refractivity contribution is 5.78. The zero-order valence-electron chi connectivity index (χ0n) is 7.30. The van der Waals surface area contributed by atoms with Crippen LogP contribution in [0.3, 0.4) is 0 Å². The van der Waals surface area contributed by atoms with Crippen molar-refractivity contribution in [2.75, 3.05) is 13.2 Å². The van der Waals surface area contributed by atoms with E-state index in [1.165, 1.54) is 0 Å². The van der Waals surface area contributed by atoms with E-state index in [1.807, 2.05) is 0 Å². The van der Waals surface area contributed by atoms with E-state index in [1.54, 1.807) is 0 Å². The number of hydrogen-bond acceptors (Lipinski definition) is 3. The molecule has 4 nitrogen and oxygen atoms in total. The molecule has 1 fully saturated rings. The third kappa shape index (κ3) is 4.43. The SMILES string of the molecule is NC1CC1NC(=O)COCC(F)(F)F. The number of alkyl halides is 3. The highest BCUT2D eigenvalue weighted by Gasteiger charge is 2.35. The number of rotatable bonds is 4. The first kappa shape index (κ1) is 11.3. The molecule has 0 heterocycles. The van der Waals surface area contributed by atoms with Gasteiger partial charge in [0.25, 0.3) is 0 Å². The van der Waals surface area contributed by atoms with Gasteiger partial charge in [0.15, 0.2) is 0 Å². The van der Waals surface area contributed by atoms with Gasteiger partial charge in [-0.15, -0.1) is 0 Å².